The number of hydrogen-bond acceptors (Lipinski definition) is 9. The summed E-state index contributed by atoms with van der Waals surface area (Å²) in [5.41, 5.74) is 0.571. The molecule has 1 fully saturated rings. The Labute approximate surface area is 184 Å². The van der Waals surface area contributed by atoms with Crippen LogP contribution in [0.4, 0.5) is 0 Å². The number of hydrogen-bond donors (Lipinski definition) is 0. The second kappa shape index (κ2) is 10.5. The third-order valence-electron chi connectivity index (χ3n) is 4.49. The van der Waals surface area contributed by atoms with Gasteiger partial charge in [-0.1, -0.05) is 36.4 Å². The summed E-state index contributed by atoms with van der Waals surface area (Å²) in [7, 11) is 0. The molecule has 9 heteroatoms. The molecule has 4 atom stereocenters. The van der Waals surface area contributed by atoms with E-state index in [4.69, 9.17) is 23.7 Å². The fourth-order valence-corrected chi connectivity index (χ4v) is 3.12. The highest BCUT2D eigenvalue weighted by molar-refractivity contribution is 5.90. The zero-order chi connectivity index (χ0) is 23.1. The summed E-state index contributed by atoms with van der Waals surface area (Å²) in [5, 5.41) is 0. The molecule has 0 radical (unpaired) electrons. The Kier molecular flexibility index (Phi) is 7.56. The zero-order valence-electron chi connectivity index (χ0n) is 17.5. The molecule has 1 saturated heterocycles. The molecule has 0 spiro atoms. The van der Waals surface area contributed by atoms with E-state index in [1.807, 2.05) is 0 Å². The molecule has 32 heavy (non-hydrogen) atoms. The van der Waals surface area contributed by atoms with Gasteiger partial charge in [0.1, 0.15) is 12.7 Å². The highest BCUT2D eigenvalue weighted by Crippen LogP contribution is 2.29. The molecule has 1 heterocycles. The lowest BCUT2D eigenvalue weighted by Crippen LogP contribution is -2.42. The molecule has 9 nitrogen and oxygen atoms in total. The predicted molar refractivity (Wildman–Crippen MR) is 108 cm³/mol. The fraction of sp³-hybridized carbons (Fsp3) is 0.304. The van der Waals surface area contributed by atoms with Gasteiger partial charge in [-0.3, -0.25) is 9.59 Å². The second-order valence-corrected chi connectivity index (χ2v) is 6.93. The average Bonchev–Trinajstić information content (AvgIpc) is 3.08. The first-order valence-corrected chi connectivity index (χ1v) is 9.83. The first-order chi connectivity index (χ1) is 15.3. The molecular formula is C23H22O9. The van der Waals surface area contributed by atoms with Crippen molar-refractivity contribution in [1.82, 2.24) is 0 Å². The van der Waals surface area contributed by atoms with E-state index in [0.717, 1.165) is 13.8 Å². The van der Waals surface area contributed by atoms with Gasteiger partial charge in [0.15, 0.2) is 6.10 Å². The van der Waals surface area contributed by atoms with E-state index in [0.29, 0.717) is 5.56 Å². The van der Waals surface area contributed by atoms with Crippen LogP contribution < -0.4 is 0 Å². The lowest BCUT2D eigenvalue weighted by molar-refractivity contribution is -0.196. The van der Waals surface area contributed by atoms with Crippen LogP contribution in [-0.4, -0.2) is 55.1 Å². The van der Waals surface area contributed by atoms with Crippen molar-refractivity contribution >= 4 is 23.9 Å². The molecule has 1 aliphatic heterocycles. The minimum absolute atomic E-state index is 0.255. The van der Waals surface area contributed by atoms with Crippen molar-refractivity contribution in [2.24, 2.45) is 0 Å². The summed E-state index contributed by atoms with van der Waals surface area (Å²) in [5.74, 6) is -2.72. The summed E-state index contributed by atoms with van der Waals surface area (Å²) in [6.07, 6.45) is -4.83. The van der Waals surface area contributed by atoms with Crippen LogP contribution in [0.5, 0.6) is 0 Å². The Balaban J connectivity index is 1.80. The van der Waals surface area contributed by atoms with Crippen LogP contribution in [0.1, 0.15) is 34.6 Å². The van der Waals surface area contributed by atoms with E-state index in [2.05, 4.69) is 0 Å². The summed E-state index contributed by atoms with van der Waals surface area (Å²) in [6, 6.07) is 16.4. The van der Waals surface area contributed by atoms with Gasteiger partial charge in [-0.25, -0.2) is 9.59 Å². The molecule has 168 valence electrons. The second-order valence-electron chi connectivity index (χ2n) is 6.93. The topological polar surface area (TPSA) is 114 Å². The van der Waals surface area contributed by atoms with Gasteiger partial charge in [-0.05, 0) is 24.3 Å². The molecule has 3 rings (SSSR count). The fourth-order valence-electron chi connectivity index (χ4n) is 3.12. The molecule has 1 aliphatic rings. The van der Waals surface area contributed by atoms with Crippen LogP contribution in [0.2, 0.25) is 0 Å². The smallest absolute Gasteiger partial charge is 0.338 e. The largest absolute Gasteiger partial charge is 0.459 e. The minimum atomic E-state index is -1.34. The average molecular weight is 442 g/mol. The number of rotatable bonds is 7. The van der Waals surface area contributed by atoms with Crippen molar-refractivity contribution < 1.29 is 42.9 Å². The van der Waals surface area contributed by atoms with Crippen LogP contribution in [-0.2, 0) is 33.3 Å². The summed E-state index contributed by atoms with van der Waals surface area (Å²) in [4.78, 5) is 48.1. The van der Waals surface area contributed by atoms with Gasteiger partial charge in [0.2, 0.25) is 12.4 Å². The maximum atomic E-state index is 12.6. The predicted octanol–water partition coefficient (Wildman–Crippen LogP) is 2.29. The Morgan fingerprint density at radius 2 is 1.25 bits per heavy atom. The van der Waals surface area contributed by atoms with E-state index < -0.39 is 48.5 Å². The Hall–Kier alpha value is -3.72. The molecule has 0 aliphatic carbocycles. The number of benzene rings is 2. The van der Waals surface area contributed by atoms with Gasteiger partial charge in [0, 0.05) is 13.8 Å². The van der Waals surface area contributed by atoms with Crippen LogP contribution >= 0.6 is 0 Å². The third kappa shape index (κ3) is 5.92. The first kappa shape index (κ1) is 23.0. The molecular weight excluding hydrogens is 420 g/mol. The molecule has 0 bridgehead atoms. The van der Waals surface area contributed by atoms with Crippen LogP contribution in [0.3, 0.4) is 0 Å². The SMILES string of the molecule is CC(=O)O[C@@H]1O[C@H](COC(=O)c2ccccc2)[C@@H](OC(=O)c2ccccc2)[C@H]1OC(C)=O. The van der Waals surface area contributed by atoms with Crippen molar-refractivity contribution in [3.8, 4) is 0 Å². The van der Waals surface area contributed by atoms with Crippen LogP contribution in [0.15, 0.2) is 60.7 Å². The van der Waals surface area contributed by atoms with Crippen LogP contribution in [0.25, 0.3) is 0 Å². The number of esters is 4. The molecule has 0 aromatic heterocycles. The number of ether oxygens (including phenoxy) is 5. The van der Waals surface area contributed by atoms with Crippen molar-refractivity contribution in [3.05, 3.63) is 71.8 Å². The van der Waals surface area contributed by atoms with Crippen molar-refractivity contribution in [2.75, 3.05) is 6.61 Å². The van der Waals surface area contributed by atoms with Gasteiger partial charge in [-0.2, -0.15) is 0 Å². The highest BCUT2D eigenvalue weighted by atomic mass is 16.8. The van der Waals surface area contributed by atoms with E-state index in [-0.39, 0.29) is 12.2 Å². The maximum Gasteiger partial charge on any atom is 0.338 e. The maximum absolute atomic E-state index is 12.6. The molecule has 0 saturated carbocycles. The Bertz CT molecular complexity index is 958. The summed E-state index contributed by atoms with van der Waals surface area (Å²) < 4.78 is 26.8. The van der Waals surface area contributed by atoms with E-state index in [1.165, 1.54) is 0 Å². The standard InChI is InChI=1S/C23H22O9/c1-14(24)29-20-19(32-22(27)17-11-7-4-8-12-17)18(31-23(20)30-15(2)25)13-28-21(26)16-9-5-3-6-10-16/h3-12,18-20,23H,13H2,1-2H3/t18-,19-,20-,23-/m1/s1. The highest BCUT2D eigenvalue weighted by Gasteiger charge is 2.51. The monoisotopic (exact) mass is 442 g/mol. The normalized spacial score (nSPS) is 21.9. The van der Waals surface area contributed by atoms with Crippen molar-refractivity contribution in [2.45, 2.75) is 38.4 Å². The molecule has 0 amide bonds. The van der Waals surface area contributed by atoms with E-state index >= 15 is 0 Å². The van der Waals surface area contributed by atoms with Gasteiger partial charge >= 0.3 is 23.9 Å². The zero-order valence-corrected chi connectivity index (χ0v) is 17.5. The van der Waals surface area contributed by atoms with E-state index in [1.54, 1.807) is 60.7 Å². The summed E-state index contributed by atoms with van der Waals surface area (Å²) in [6.45, 7) is 1.97. The molecule has 2 aromatic carbocycles. The molecule has 0 unspecified atom stereocenters. The molecule has 2 aromatic rings. The van der Waals surface area contributed by atoms with Gasteiger partial charge in [0.05, 0.1) is 11.1 Å². The van der Waals surface area contributed by atoms with Gasteiger partial charge < -0.3 is 23.7 Å². The first-order valence-electron chi connectivity index (χ1n) is 9.83. The number of carbonyl (C=O) groups excluding carboxylic acids is 4. The number of carbonyl (C=O) groups is 4. The minimum Gasteiger partial charge on any atom is -0.459 e. The Morgan fingerprint density at radius 3 is 1.78 bits per heavy atom. The lowest BCUT2D eigenvalue weighted by Gasteiger charge is -2.23. The third-order valence-corrected chi connectivity index (χ3v) is 4.49. The Morgan fingerprint density at radius 1 is 0.719 bits per heavy atom. The summed E-state index contributed by atoms with van der Waals surface area (Å²) >= 11 is 0. The van der Waals surface area contributed by atoms with E-state index in [9.17, 15) is 19.2 Å². The van der Waals surface area contributed by atoms with Gasteiger partial charge in [0.25, 0.3) is 0 Å². The quantitative estimate of drug-likeness (QED) is 0.470. The van der Waals surface area contributed by atoms with Crippen molar-refractivity contribution in [3.63, 3.8) is 0 Å². The van der Waals surface area contributed by atoms with Gasteiger partial charge in [-0.15, -0.1) is 0 Å². The van der Waals surface area contributed by atoms with Crippen LogP contribution in [0, 0.1) is 0 Å². The molecule has 0 N–H and O–H groups in total. The van der Waals surface area contributed by atoms with Crippen molar-refractivity contribution in [1.29, 1.82) is 0 Å². The lowest BCUT2D eigenvalue weighted by atomic mass is 10.1.